The average molecular weight is 374 g/mol. The van der Waals surface area contributed by atoms with Crippen LogP contribution in [0.3, 0.4) is 0 Å². The van der Waals surface area contributed by atoms with E-state index in [1.165, 1.54) is 13.2 Å². The van der Waals surface area contributed by atoms with Crippen LogP contribution in [-0.4, -0.2) is 13.0 Å². The molecule has 1 unspecified atom stereocenters. The highest BCUT2D eigenvalue weighted by Gasteiger charge is 2.23. The van der Waals surface area contributed by atoms with Crippen molar-refractivity contribution in [2.24, 2.45) is 0 Å². The summed E-state index contributed by atoms with van der Waals surface area (Å²) in [6.07, 6.45) is -1.05. The molecule has 3 rings (SSSR count). The smallest absolute Gasteiger partial charge is 0.254 e. The summed E-state index contributed by atoms with van der Waals surface area (Å²) in [7, 11) is 1.37. The van der Waals surface area contributed by atoms with Gasteiger partial charge in [-0.3, -0.25) is 4.79 Å². The van der Waals surface area contributed by atoms with Crippen molar-refractivity contribution < 1.29 is 13.9 Å². The predicted octanol–water partition coefficient (Wildman–Crippen LogP) is 4.37. The van der Waals surface area contributed by atoms with Gasteiger partial charge < -0.3 is 10.1 Å². The third-order valence-electron chi connectivity index (χ3n) is 4.41. The Kier molecular flexibility index (Phi) is 6.15. The van der Waals surface area contributed by atoms with Gasteiger partial charge >= 0.3 is 0 Å². The van der Waals surface area contributed by atoms with E-state index in [2.05, 4.69) is 5.32 Å². The van der Waals surface area contributed by atoms with Crippen molar-refractivity contribution in [1.82, 2.24) is 5.32 Å². The highest BCUT2D eigenvalue weighted by Crippen LogP contribution is 2.26. The van der Waals surface area contributed by atoms with Crippen LogP contribution in [0.25, 0.3) is 11.1 Å². The van der Waals surface area contributed by atoms with E-state index in [0.717, 1.165) is 16.7 Å². The van der Waals surface area contributed by atoms with Crippen LogP contribution >= 0.6 is 0 Å². The van der Waals surface area contributed by atoms with Gasteiger partial charge in [-0.2, -0.15) is 5.26 Å². The standard InChI is InChI=1S/C23H19FN2O2/c1-28-22(23(27)26-15-17-9-7-16(14-25)8-10-17)20-12-11-19(13-21(20)24)18-5-3-2-4-6-18/h2-13,22H,15H2,1H3,(H,26,27). The van der Waals surface area contributed by atoms with Crippen LogP contribution in [0.2, 0.25) is 0 Å². The van der Waals surface area contributed by atoms with E-state index in [1.54, 1.807) is 36.4 Å². The van der Waals surface area contributed by atoms with E-state index < -0.39 is 17.8 Å². The molecule has 0 radical (unpaired) electrons. The molecule has 1 atom stereocenters. The van der Waals surface area contributed by atoms with Crippen molar-refractivity contribution in [3.8, 4) is 17.2 Å². The fraction of sp³-hybridized carbons (Fsp3) is 0.130. The van der Waals surface area contributed by atoms with Crippen LogP contribution in [0.4, 0.5) is 4.39 Å². The van der Waals surface area contributed by atoms with Gasteiger partial charge in [0, 0.05) is 19.2 Å². The second-order valence-corrected chi connectivity index (χ2v) is 6.24. The third kappa shape index (κ3) is 4.43. The summed E-state index contributed by atoms with van der Waals surface area (Å²) in [6.45, 7) is 0.258. The Hall–Kier alpha value is -3.49. The topological polar surface area (TPSA) is 62.1 Å². The normalized spacial score (nSPS) is 11.5. The summed E-state index contributed by atoms with van der Waals surface area (Å²) >= 11 is 0. The van der Waals surface area contributed by atoms with Gasteiger partial charge in [0.2, 0.25) is 0 Å². The zero-order valence-corrected chi connectivity index (χ0v) is 15.4. The SMILES string of the molecule is COC(C(=O)NCc1ccc(C#N)cc1)c1ccc(-c2ccccc2)cc1F. The Balaban J connectivity index is 1.73. The summed E-state index contributed by atoms with van der Waals surface area (Å²) in [5.74, 6) is -0.931. The molecule has 3 aromatic rings. The number of nitriles is 1. The Morgan fingerprint density at radius 2 is 1.79 bits per heavy atom. The number of halogens is 1. The van der Waals surface area contributed by atoms with Gasteiger partial charge in [0.25, 0.3) is 5.91 Å². The molecule has 3 aromatic carbocycles. The number of ether oxygens (including phenoxy) is 1. The Morgan fingerprint density at radius 3 is 2.39 bits per heavy atom. The highest BCUT2D eigenvalue weighted by atomic mass is 19.1. The van der Waals surface area contributed by atoms with E-state index in [1.807, 2.05) is 36.4 Å². The maximum absolute atomic E-state index is 14.7. The fourth-order valence-electron chi connectivity index (χ4n) is 2.90. The van der Waals surface area contributed by atoms with Gasteiger partial charge in [-0.25, -0.2) is 4.39 Å². The van der Waals surface area contributed by atoms with E-state index >= 15 is 0 Å². The molecule has 0 aromatic heterocycles. The summed E-state index contributed by atoms with van der Waals surface area (Å²) in [5, 5.41) is 11.6. The molecule has 5 heteroatoms. The lowest BCUT2D eigenvalue weighted by Gasteiger charge is -2.17. The second-order valence-electron chi connectivity index (χ2n) is 6.24. The predicted molar refractivity (Wildman–Crippen MR) is 105 cm³/mol. The van der Waals surface area contributed by atoms with Gasteiger partial charge in [0.05, 0.1) is 11.6 Å². The number of hydrogen-bond donors (Lipinski definition) is 1. The third-order valence-corrected chi connectivity index (χ3v) is 4.41. The number of carbonyl (C=O) groups excluding carboxylic acids is 1. The Bertz CT molecular complexity index is 995. The van der Waals surface area contributed by atoms with Gasteiger partial charge in [0.1, 0.15) is 5.82 Å². The summed E-state index contributed by atoms with van der Waals surface area (Å²) in [6, 6.07) is 23.1. The molecule has 1 N–H and O–H groups in total. The lowest BCUT2D eigenvalue weighted by molar-refractivity contribution is -0.131. The fourth-order valence-corrected chi connectivity index (χ4v) is 2.90. The molecular formula is C23H19FN2O2. The van der Waals surface area contributed by atoms with Gasteiger partial charge in [0.15, 0.2) is 6.10 Å². The highest BCUT2D eigenvalue weighted by molar-refractivity contribution is 5.82. The molecule has 0 fully saturated rings. The minimum Gasteiger partial charge on any atom is -0.367 e. The molecule has 0 heterocycles. The molecule has 140 valence electrons. The van der Waals surface area contributed by atoms with Gasteiger partial charge in [-0.05, 0) is 34.9 Å². The number of methoxy groups -OCH3 is 1. The number of rotatable bonds is 6. The monoisotopic (exact) mass is 374 g/mol. The average Bonchev–Trinajstić information content (AvgIpc) is 2.74. The minimum atomic E-state index is -1.05. The first kappa shape index (κ1) is 19.3. The van der Waals surface area contributed by atoms with Crippen LogP contribution < -0.4 is 5.32 Å². The first-order valence-corrected chi connectivity index (χ1v) is 8.77. The van der Waals surface area contributed by atoms with Crippen molar-refractivity contribution in [3.63, 3.8) is 0 Å². The van der Waals surface area contributed by atoms with E-state index in [-0.39, 0.29) is 12.1 Å². The minimum absolute atomic E-state index is 0.180. The van der Waals surface area contributed by atoms with Crippen LogP contribution in [-0.2, 0) is 16.1 Å². The molecular weight excluding hydrogens is 355 g/mol. The summed E-state index contributed by atoms with van der Waals surface area (Å²) in [5.41, 5.74) is 3.19. The number of benzene rings is 3. The van der Waals surface area contributed by atoms with Crippen molar-refractivity contribution in [3.05, 3.63) is 95.3 Å². The van der Waals surface area contributed by atoms with E-state index in [4.69, 9.17) is 10.00 Å². The zero-order valence-electron chi connectivity index (χ0n) is 15.4. The number of carbonyl (C=O) groups is 1. The van der Waals surface area contributed by atoms with Gasteiger partial charge in [-0.15, -0.1) is 0 Å². The lowest BCUT2D eigenvalue weighted by Crippen LogP contribution is -2.30. The molecule has 4 nitrogen and oxygen atoms in total. The maximum Gasteiger partial charge on any atom is 0.254 e. The second kappa shape index (κ2) is 8.94. The largest absolute Gasteiger partial charge is 0.367 e. The van der Waals surface area contributed by atoms with Crippen LogP contribution in [0.15, 0.2) is 72.8 Å². The summed E-state index contributed by atoms with van der Waals surface area (Å²) in [4.78, 5) is 12.5. The number of amides is 1. The molecule has 0 aliphatic carbocycles. The first-order chi connectivity index (χ1) is 13.6. The van der Waals surface area contributed by atoms with Gasteiger partial charge in [-0.1, -0.05) is 54.6 Å². The quantitative estimate of drug-likeness (QED) is 0.697. The van der Waals surface area contributed by atoms with Crippen molar-refractivity contribution in [1.29, 1.82) is 5.26 Å². The van der Waals surface area contributed by atoms with Crippen molar-refractivity contribution >= 4 is 5.91 Å². The number of nitrogens with zero attached hydrogens (tertiary/aromatic N) is 1. The Morgan fingerprint density at radius 1 is 1.07 bits per heavy atom. The molecule has 0 aliphatic heterocycles. The molecule has 1 amide bonds. The molecule has 0 bridgehead atoms. The first-order valence-electron chi connectivity index (χ1n) is 8.77. The summed E-state index contributed by atoms with van der Waals surface area (Å²) < 4.78 is 19.9. The van der Waals surface area contributed by atoms with Crippen LogP contribution in [0, 0.1) is 17.1 Å². The molecule has 0 saturated heterocycles. The number of nitrogens with one attached hydrogen (secondary N) is 1. The van der Waals surface area contributed by atoms with Crippen molar-refractivity contribution in [2.75, 3.05) is 7.11 Å². The maximum atomic E-state index is 14.7. The Labute approximate surface area is 163 Å². The molecule has 28 heavy (non-hydrogen) atoms. The number of hydrogen-bond acceptors (Lipinski definition) is 3. The zero-order chi connectivity index (χ0) is 19.9. The molecule has 0 saturated carbocycles. The molecule has 0 aliphatic rings. The van der Waals surface area contributed by atoms with E-state index in [9.17, 15) is 9.18 Å². The molecule has 0 spiro atoms. The van der Waals surface area contributed by atoms with E-state index in [0.29, 0.717) is 5.56 Å². The van der Waals surface area contributed by atoms with Crippen LogP contribution in [0.5, 0.6) is 0 Å². The lowest BCUT2D eigenvalue weighted by atomic mass is 10.0. The van der Waals surface area contributed by atoms with Crippen molar-refractivity contribution in [2.45, 2.75) is 12.6 Å². The van der Waals surface area contributed by atoms with Crippen LogP contribution in [0.1, 0.15) is 22.8 Å².